The van der Waals surface area contributed by atoms with E-state index in [1.165, 1.54) is 0 Å². The molecule has 82 valence electrons. The number of carbonyl (C=O) groups is 1. The molecule has 0 aliphatic carbocycles. The van der Waals surface area contributed by atoms with E-state index < -0.39 is 5.09 Å². The van der Waals surface area contributed by atoms with Crippen LogP contribution >= 0.6 is 0 Å². The molecule has 0 atom stereocenters. The summed E-state index contributed by atoms with van der Waals surface area (Å²) >= 11 is 0. The van der Waals surface area contributed by atoms with Crippen LogP contribution in [0, 0.1) is 10.1 Å². The Balaban J connectivity index is 3.31. The number of hydrogen-bond donors (Lipinski definition) is 1. The lowest BCUT2D eigenvalue weighted by atomic mass is 10.4. The molecular weight excluding hydrogens is 190 g/mol. The van der Waals surface area contributed by atoms with Crippen molar-refractivity contribution in [2.24, 2.45) is 0 Å². The van der Waals surface area contributed by atoms with Crippen LogP contribution in [0.3, 0.4) is 0 Å². The summed E-state index contributed by atoms with van der Waals surface area (Å²) in [5.74, 6) is -0.134. The molecule has 1 amide bonds. The van der Waals surface area contributed by atoms with Gasteiger partial charge in [0.15, 0.2) is 0 Å². The van der Waals surface area contributed by atoms with E-state index in [1.54, 1.807) is 0 Å². The Morgan fingerprint density at radius 1 is 1.57 bits per heavy atom. The lowest BCUT2D eigenvalue weighted by Crippen LogP contribution is -2.30. The van der Waals surface area contributed by atoms with Crippen molar-refractivity contribution in [2.75, 3.05) is 33.8 Å². The van der Waals surface area contributed by atoms with Crippen LogP contribution in [0.25, 0.3) is 0 Å². The van der Waals surface area contributed by atoms with Gasteiger partial charge in [0.1, 0.15) is 6.61 Å². The predicted molar refractivity (Wildman–Crippen MR) is 49.1 cm³/mol. The second-order valence-electron chi connectivity index (χ2n) is 2.96. The zero-order valence-corrected chi connectivity index (χ0v) is 8.36. The van der Waals surface area contributed by atoms with Gasteiger partial charge in [-0.05, 0) is 14.1 Å². The molecule has 0 aliphatic rings. The average Bonchev–Trinajstić information content (AvgIpc) is 2.08. The Bertz CT molecular complexity index is 195. The van der Waals surface area contributed by atoms with Gasteiger partial charge < -0.3 is 15.1 Å². The molecule has 0 aromatic heterocycles. The minimum atomic E-state index is -0.883. The molecule has 0 fully saturated rings. The molecule has 14 heavy (non-hydrogen) atoms. The summed E-state index contributed by atoms with van der Waals surface area (Å²) in [4.78, 5) is 26.6. The third kappa shape index (κ3) is 8.72. The van der Waals surface area contributed by atoms with Gasteiger partial charge in [0, 0.05) is 19.5 Å². The topological polar surface area (TPSA) is 84.7 Å². The summed E-state index contributed by atoms with van der Waals surface area (Å²) in [6.07, 6.45) is 0.380. The van der Waals surface area contributed by atoms with Crippen LogP contribution in [0.15, 0.2) is 0 Å². The van der Waals surface area contributed by atoms with Crippen LogP contribution < -0.4 is 5.32 Å². The van der Waals surface area contributed by atoms with Gasteiger partial charge in [0.05, 0.1) is 0 Å². The zero-order valence-electron chi connectivity index (χ0n) is 8.36. The van der Waals surface area contributed by atoms with Crippen LogP contribution in [-0.4, -0.2) is 49.7 Å². The normalized spacial score (nSPS) is 9.93. The Hall–Kier alpha value is -1.37. The molecule has 0 saturated carbocycles. The van der Waals surface area contributed by atoms with Crippen molar-refractivity contribution in [1.82, 2.24) is 10.2 Å². The van der Waals surface area contributed by atoms with Crippen molar-refractivity contribution in [1.29, 1.82) is 0 Å². The number of amides is 1. The molecule has 0 bridgehead atoms. The van der Waals surface area contributed by atoms with Gasteiger partial charge >= 0.3 is 0 Å². The highest BCUT2D eigenvalue weighted by Gasteiger charge is 2.01. The van der Waals surface area contributed by atoms with Gasteiger partial charge in [-0.15, -0.1) is 10.1 Å². The fraction of sp³-hybridized carbons (Fsp3) is 0.857. The highest BCUT2D eigenvalue weighted by molar-refractivity contribution is 5.75. The van der Waals surface area contributed by atoms with Crippen molar-refractivity contribution in [3.05, 3.63) is 10.1 Å². The van der Waals surface area contributed by atoms with Crippen LogP contribution in [0.5, 0.6) is 0 Å². The predicted octanol–water partition coefficient (Wildman–Crippen LogP) is -0.737. The van der Waals surface area contributed by atoms with Gasteiger partial charge in [-0.3, -0.25) is 4.79 Å². The van der Waals surface area contributed by atoms with Gasteiger partial charge in [0.25, 0.3) is 5.09 Å². The first-order chi connectivity index (χ1) is 6.52. The van der Waals surface area contributed by atoms with E-state index in [-0.39, 0.29) is 19.1 Å². The van der Waals surface area contributed by atoms with Crippen molar-refractivity contribution in [3.63, 3.8) is 0 Å². The summed E-state index contributed by atoms with van der Waals surface area (Å²) in [5.41, 5.74) is 0. The maximum atomic E-state index is 11.0. The minimum Gasteiger partial charge on any atom is -0.354 e. The van der Waals surface area contributed by atoms with E-state index in [9.17, 15) is 14.9 Å². The summed E-state index contributed by atoms with van der Waals surface area (Å²) in [6.45, 7) is 0.704. The molecule has 1 N–H and O–H groups in total. The SMILES string of the molecule is CN(C)CCC(=O)NCCO[N+](=O)[O-]. The maximum Gasteiger partial charge on any atom is 0.294 e. The molecule has 0 radical (unpaired) electrons. The monoisotopic (exact) mass is 205 g/mol. The number of nitrogens with zero attached hydrogens (tertiary/aromatic N) is 2. The smallest absolute Gasteiger partial charge is 0.294 e. The molecule has 0 aliphatic heterocycles. The Labute approximate surface area is 82.1 Å². The van der Waals surface area contributed by atoms with Gasteiger partial charge in [-0.2, -0.15) is 0 Å². The fourth-order valence-corrected chi connectivity index (χ4v) is 0.724. The van der Waals surface area contributed by atoms with E-state index in [1.807, 2.05) is 19.0 Å². The largest absolute Gasteiger partial charge is 0.354 e. The second-order valence-corrected chi connectivity index (χ2v) is 2.96. The maximum absolute atomic E-state index is 11.0. The fourth-order valence-electron chi connectivity index (χ4n) is 0.724. The third-order valence-electron chi connectivity index (χ3n) is 1.41. The molecule has 7 heteroatoms. The molecule has 0 aromatic rings. The molecule has 7 nitrogen and oxygen atoms in total. The highest BCUT2D eigenvalue weighted by atomic mass is 16.9. The molecular formula is C7H15N3O4. The molecule has 0 unspecified atom stereocenters. The van der Waals surface area contributed by atoms with Crippen LogP contribution in [-0.2, 0) is 9.63 Å². The highest BCUT2D eigenvalue weighted by Crippen LogP contribution is 1.83. The Morgan fingerprint density at radius 2 is 2.21 bits per heavy atom. The average molecular weight is 205 g/mol. The molecule has 0 saturated heterocycles. The van der Waals surface area contributed by atoms with Crippen LogP contribution in [0.1, 0.15) is 6.42 Å². The van der Waals surface area contributed by atoms with Gasteiger partial charge in [-0.1, -0.05) is 0 Å². The van der Waals surface area contributed by atoms with Crippen molar-refractivity contribution >= 4 is 5.91 Å². The van der Waals surface area contributed by atoms with E-state index in [0.29, 0.717) is 13.0 Å². The summed E-state index contributed by atoms with van der Waals surface area (Å²) in [6, 6.07) is 0. The second kappa shape index (κ2) is 7.07. The Kier molecular flexibility index (Phi) is 6.38. The summed E-state index contributed by atoms with van der Waals surface area (Å²) < 4.78 is 0. The standard InChI is InChI=1S/C7H15N3O4/c1-9(2)5-3-7(11)8-4-6-14-10(12)13/h3-6H2,1-2H3,(H,8,11). The first-order valence-electron chi connectivity index (χ1n) is 4.21. The van der Waals surface area contributed by atoms with Gasteiger partial charge in [0.2, 0.25) is 5.91 Å². The third-order valence-corrected chi connectivity index (χ3v) is 1.41. The molecule has 0 rings (SSSR count). The molecule has 0 spiro atoms. The Morgan fingerprint density at radius 3 is 2.71 bits per heavy atom. The minimum absolute atomic E-state index is 0.110. The van der Waals surface area contributed by atoms with Crippen LogP contribution in [0.4, 0.5) is 0 Å². The molecule has 0 aromatic carbocycles. The van der Waals surface area contributed by atoms with E-state index in [0.717, 1.165) is 0 Å². The summed E-state index contributed by atoms with van der Waals surface area (Å²) in [7, 11) is 3.73. The number of hydrogen-bond acceptors (Lipinski definition) is 5. The lowest BCUT2D eigenvalue weighted by molar-refractivity contribution is -0.757. The molecule has 0 heterocycles. The van der Waals surface area contributed by atoms with Gasteiger partial charge in [-0.25, -0.2) is 0 Å². The first-order valence-corrected chi connectivity index (χ1v) is 4.21. The van der Waals surface area contributed by atoms with Crippen molar-refractivity contribution in [2.45, 2.75) is 6.42 Å². The van der Waals surface area contributed by atoms with E-state index in [2.05, 4.69) is 10.2 Å². The van der Waals surface area contributed by atoms with E-state index >= 15 is 0 Å². The lowest BCUT2D eigenvalue weighted by Gasteiger charge is -2.09. The summed E-state index contributed by atoms with van der Waals surface area (Å²) in [5, 5.41) is 11.3. The zero-order chi connectivity index (χ0) is 11.0. The number of nitrogens with one attached hydrogen (secondary N) is 1. The first kappa shape index (κ1) is 12.6. The number of rotatable bonds is 7. The van der Waals surface area contributed by atoms with Crippen molar-refractivity contribution in [3.8, 4) is 0 Å². The van der Waals surface area contributed by atoms with E-state index in [4.69, 9.17) is 0 Å². The number of carbonyl (C=O) groups excluding carboxylic acids is 1. The van der Waals surface area contributed by atoms with Crippen LogP contribution in [0.2, 0.25) is 0 Å². The quantitative estimate of drug-likeness (QED) is 0.336. The van der Waals surface area contributed by atoms with Crippen molar-refractivity contribution < 1.29 is 14.7 Å².